The first-order valence-electron chi connectivity index (χ1n) is 6.81. The lowest BCUT2D eigenvalue weighted by atomic mass is 10.00. The minimum atomic E-state index is -0.105. The minimum Gasteiger partial charge on any atom is -0.469 e. The average Bonchev–Trinajstić information content (AvgIpc) is 2.28. The molecule has 0 radical (unpaired) electrons. The van der Waals surface area contributed by atoms with Gasteiger partial charge in [0.2, 0.25) is 0 Å². The Morgan fingerprint density at radius 2 is 1.83 bits per heavy atom. The number of hydrogen-bond donors (Lipinski definition) is 0. The molecule has 18 heavy (non-hydrogen) atoms. The largest absolute Gasteiger partial charge is 0.469 e. The van der Waals surface area contributed by atoms with E-state index >= 15 is 0 Å². The van der Waals surface area contributed by atoms with Crippen LogP contribution in [0.25, 0.3) is 0 Å². The van der Waals surface area contributed by atoms with E-state index in [2.05, 4.69) is 44.6 Å². The predicted molar refractivity (Wildman–Crippen MR) is 77.5 cm³/mol. The van der Waals surface area contributed by atoms with Gasteiger partial charge in [0.05, 0.1) is 7.11 Å². The molecule has 0 rings (SSSR count). The maximum atomic E-state index is 11.1. The van der Waals surface area contributed by atoms with Gasteiger partial charge in [-0.15, -0.1) is 0 Å². The van der Waals surface area contributed by atoms with Gasteiger partial charge in [-0.25, -0.2) is 0 Å². The van der Waals surface area contributed by atoms with Crippen molar-refractivity contribution >= 4 is 5.97 Å². The van der Waals surface area contributed by atoms with Crippen LogP contribution in [0.4, 0.5) is 0 Å². The van der Waals surface area contributed by atoms with E-state index in [1.807, 2.05) is 0 Å². The summed E-state index contributed by atoms with van der Waals surface area (Å²) in [5, 5.41) is 0. The van der Waals surface area contributed by atoms with Crippen molar-refractivity contribution in [1.29, 1.82) is 0 Å². The van der Waals surface area contributed by atoms with E-state index in [9.17, 15) is 4.79 Å². The molecule has 1 atom stereocenters. The summed E-state index contributed by atoms with van der Waals surface area (Å²) in [5.74, 6) is 0.297. The lowest BCUT2D eigenvalue weighted by molar-refractivity contribution is -0.141. The van der Waals surface area contributed by atoms with Crippen molar-refractivity contribution in [3.05, 3.63) is 23.3 Å². The maximum absolute atomic E-state index is 11.1. The molecular weight excluding hydrogens is 224 g/mol. The van der Waals surface area contributed by atoms with Gasteiger partial charge in [-0.3, -0.25) is 4.79 Å². The normalized spacial score (nSPS) is 13.1. The number of methoxy groups -OCH3 is 1. The van der Waals surface area contributed by atoms with Gasteiger partial charge in [-0.2, -0.15) is 0 Å². The van der Waals surface area contributed by atoms with Gasteiger partial charge >= 0.3 is 5.97 Å². The molecule has 0 N–H and O–H groups in total. The molecule has 0 amide bonds. The van der Waals surface area contributed by atoms with Crippen molar-refractivity contribution in [3.8, 4) is 0 Å². The maximum Gasteiger partial charge on any atom is 0.305 e. The zero-order valence-electron chi connectivity index (χ0n) is 12.6. The highest BCUT2D eigenvalue weighted by Gasteiger charge is 2.07. The summed E-state index contributed by atoms with van der Waals surface area (Å²) in [6.07, 6.45) is 9.47. The van der Waals surface area contributed by atoms with Crippen LogP contribution in [-0.4, -0.2) is 13.1 Å². The van der Waals surface area contributed by atoms with Gasteiger partial charge in [0, 0.05) is 6.42 Å². The zero-order valence-corrected chi connectivity index (χ0v) is 12.6. The molecule has 0 bridgehead atoms. The van der Waals surface area contributed by atoms with Crippen molar-refractivity contribution in [3.63, 3.8) is 0 Å². The van der Waals surface area contributed by atoms with Crippen LogP contribution in [0, 0.1) is 5.92 Å². The fourth-order valence-electron chi connectivity index (χ4n) is 1.77. The molecule has 0 heterocycles. The summed E-state index contributed by atoms with van der Waals surface area (Å²) < 4.78 is 4.66. The molecule has 0 aromatic rings. The standard InChI is InChI=1S/C16H28O2/c1-13(2)8-6-9-14(3)10-7-11-15(4)12-16(17)18-5/h8,10,15H,6-7,9,11-12H2,1-5H3/b14-10+. The summed E-state index contributed by atoms with van der Waals surface area (Å²) in [7, 11) is 1.45. The molecule has 0 aliphatic heterocycles. The molecule has 104 valence electrons. The van der Waals surface area contributed by atoms with Crippen molar-refractivity contribution < 1.29 is 9.53 Å². The number of hydrogen-bond acceptors (Lipinski definition) is 2. The Bertz CT molecular complexity index is 296. The molecule has 0 fully saturated rings. The average molecular weight is 252 g/mol. The number of esters is 1. The number of carbonyl (C=O) groups excluding carboxylic acids is 1. The second-order valence-corrected chi connectivity index (χ2v) is 5.33. The summed E-state index contributed by atoms with van der Waals surface area (Å²) in [6, 6.07) is 0. The molecule has 0 saturated carbocycles. The topological polar surface area (TPSA) is 26.3 Å². The second kappa shape index (κ2) is 9.93. The third-order valence-electron chi connectivity index (χ3n) is 2.99. The molecule has 0 saturated heterocycles. The molecule has 1 unspecified atom stereocenters. The quantitative estimate of drug-likeness (QED) is 0.464. The van der Waals surface area contributed by atoms with Crippen molar-refractivity contribution in [2.45, 2.75) is 59.8 Å². The number of carbonyl (C=O) groups is 1. The number of allylic oxidation sites excluding steroid dienone is 4. The molecule has 2 heteroatoms. The lowest BCUT2D eigenvalue weighted by Gasteiger charge is -2.08. The van der Waals surface area contributed by atoms with Gasteiger partial charge in [-0.1, -0.05) is 30.2 Å². The lowest BCUT2D eigenvalue weighted by Crippen LogP contribution is -2.06. The van der Waals surface area contributed by atoms with E-state index in [-0.39, 0.29) is 5.97 Å². The van der Waals surface area contributed by atoms with Gasteiger partial charge in [0.15, 0.2) is 0 Å². The molecule has 0 aliphatic rings. The van der Waals surface area contributed by atoms with Crippen molar-refractivity contribution in [2.24, 2.45) is 5.92 Å². The van der Waals surface area contributed by atoms with E-state index in [0.717, 1.165) is 25.7 Å². The van der Waals surface area contributed by atoms with Crippen LogP contribution in [0.15, 0.2) is 23.3 Å². The third kappa shape index (κ3) is 10.1. The van der Waals surface area contributed by atoms with Crippen LogP contribution in [0.5, 0.6) is 0 Å². The molecule has 2 nitrogen and oxygen atoms in total. The summed E-state index contributed by atoms with van der Waals surface area (Å²) in [4.78, 5) is 11.1. The van der Waals surface area contributed by atoms with Gasteiger partial charge in [-0.05, 0) is 52.4 Å². The van der Waals surface area contributed by atoms with E-state index < -0.39 is 0 Å². The van der Waals surface area contributed by atoms with Crippen molar-refractivity contribution in [1.82, 2.24) is 0 Å². The Balaban J connectivity index is 3.79. The monoisotopic (exact) mass is 252 g/mol. The van der Waals surface area contributed by atoms with Crippen LogP contribution >= 0.6 is 0 Å². The third-order valence-corrected chi connectivity index (χ3v) is 2.99. The first-order valence-corrected chi connectivity index (χ1v) is 6.81. The highest BCUT2D eigenvalue weighted by Crippen LogP contribution is 2.14. The van der Waals surface area contributed by atoms with Crippen LogP contribution in [0.1, 0.15) is 59.8 Å². The molecule has 0 aromatic carbocycles. The second-order valence-electron chi connectivity index (χ2n) is 5.33. The van der Waals surface area contributed by atoms with E-state index in [1.165, 1.54) is 18.3 Å². The van der Waals surface area contributed by atoms with Crippen LogP contribution < -0.4 is 0 Å². The van der Waals surface area contributed by atoms with Crippen molar-refractivity contribution in [2.75, 3.05) is 7.11 Å². The van der Waals surface area contributed by atoms with Gasteiger partial charge in [0.1, 0.15) is 0 Å². The smallest absolute Gasteiger partial charge is 0.305 e. The van der Waals surface area contributed by atoms with Crippen LogP contribution in [0.3, 0.4) is 0 Å². The van der Waals surface area contributed by atoms with Crippen LogP contribution in [-0.2, 0) is 9.53 Å². The molecule has 0 spiro atoms. The zero-order chi connectivity index (χ0) is 14.0. The van der Waals surface area contributed by atoms with Gasteiger partial charge < -0.3 is 4.74 Å². The molecule has 0 aromatic heterocycles. The Hall–Kier alpha value is -1.05. The predicted octanol–water partition coefficient (Wildman–Crippen LogP) is 4.66. The Morgan fingerprint density at radius 1 is 1.17 bits per heavy atom. The number of ether oxygens (including phenoxy) is 1. The molecule has 0 aliphatic carbocycles. The first kappa shape index (κ1) is 16.9. The van der Waals surface area contributed by atoms with Crippen LogP contribution in [0.2, 0.25) is 0 Å². The molecular formula is C16H28O2. The Morgan fingerprint density at radius 3 is 2.39 bits per heavy atom. The minimum absolute atomic E-state index is 0.105. The van der Waals surface area contributed by atoms with Gasteiger partial charge in [0.25, 0.3) is 0 Å². The Kier molecular flexibility index (Phi) is 9.35. The summed E-state index contributed by atoms with van der Waals surface area (Å²) >= 11 is 0. The summed E-state index contributed by atoms with van der Waals surface area (Å²) in [5.41, 5.74) is 2.83. The highest BCUT2D eigenvalue weighted by atomic mass is 16.5. The van der Waals surface area contributed by atoms with E-state index in [0.29, 0.717) is 12.3 Å². The fraction of sp³-hybridized carbons (Fsp3) is 0.688. The summed E-state index contributed by atoms with van der Waals surface area (Å²) in [6.45, 7) is 8.55. The fourth-order valence-corrected chi connectivity index (χ4v) is 1.77. The SMILES string of the molecule is COC(=O)CC(C)CC/C=C(\C)CCC=C(C)C. The highest BCUT2D eigenvalue weighted by molar-refractivity contribution is 5.69. The Labute approximate surface area is 112 Å². The van der Waals surface area contributed by atoms with E-state index in [1.54, 1.807) is 0 Å². The first-order chi connectivity index (χ1) is 8.45. The van der Waals surface area contributed by atoms with E-state index in [4.69, 9.17) is 0 Å². The number of rotatable bonds is 8.